The largest absolute Gasteiger partial charge is 0.465 e. The molecule has 0 atom stereocenters. The molecule has 1 rings (SSSR count). The zero-order chi connectivity index (χ0) is 16.0. The highest BCUT2D eigenvalue weighted by molar-refractivity contribution is 5.72. The van der Waals surface area contributed by atoms with Crippen molar-refractivity contribution in [1.29, 1.82) is 0 Å². The van der Waals surface area contributed by atoms with E-state index in [1.165, 1.54) is 70.6 Å². The molecule has 0 aromatic heterocycles. The number of ether oxygens (including phenoxy) is 1. The summed E-state index contributed by atoms with van der Waals surface area (Å²) < 4.78 is 5.49. The van der Waals surface area contributed by atoms with Gasteiger partial charge in [-0.15, -0.1) is 0 Å². The maximum absolute atomic E-state index is 12.1. The van der Waals surface area contributed by atoms with Gasteiger partial charge >= 0.3 is 5.97 Å². The van der Waals surface area contributed by atoms with E-state index in [4.69, 9.17) is 4.74 Å². The lowest BCUT2D eigenvalue weighted by Crippen LogP contribution is -2.24. The van der Waals surface area contributed by atoms with Gasteiger partial charge in [0.1, 0.15) is 0 Å². The molecule has 1 saturated carbocycles. The van der Waals surface area contributed by atoms with E-state index >= 15 is 0 Å². The van der Waals surface area contributed by atoms with Crippen LogP contribution in [-0.4, -0.2) is 12.6 Å². The van der Waals surface area contributed by atoms with Crippen LogP contribution in [0, 0.1) is 11.8 Å². The molecule has 22 heavy (non-hydrogen) atoms. The van der Waals surface area contributed by atoms with E-state index in [1.54, 1.807) is 0 Å². The zero-order valence-electron chi connectivity index (χ0n) is 15.1. The van der Waals surface area contributed by atoms with E-state index in [2.05, 4.69) is 13.8 Å². The monoisotopic (exact) mass is 310 g/mol. The van der Waals surface area contributed by atoms with Crippen molar-refractivity contribution in [2.75, 3.05) is 6.61 Å². The molecule has 0 aromatic rings. The molecule has 0 aliphatic heterocycles. The molecule has 0 unspecified atom stereocenters. The van der Waals surface area contributed by atoms with Gasteiger partial charge in [-0.1, -0.05) is 71.6 Å². The first kappa shape index (κ1) is 19.5. The van der Waals surface area contributed by atoms with Crippen LogP contribution >= 0.6 is 0 Å². The molecule has 1 aliphatic carbocycles. The zero-order valence-corrected chi connectivity index (χ0v) is 15.1. The molecule has 0 spiro atoms. The summed E-state index contributed by atoms with van der Waals surface area (Å²) in [6.07, 6.45) is 17.5. The van der Waals surface area contributed by atoms with E-state index in [9.17, 15) is 4.79 Å². The third-order valence-electron chi connectivity index (χ3n) is 5.14. The summed E-state index contributed by atoms with van der Waals surface area (Å²) in [5, 5.41) is 0. The van der Waals surface area contributed by atoms with Crippen LogP contribution in [0.2, 0.25) is 0 Å². The number of hydrogen-bond donors (Lipinski definition) is 0. The topological polar surface area (TPSA) is 26.3 Å². The summed E-state index contributed by atoms with van der Waals surface area (Å²) in [7, 11) is 0. The first-order chi connectivity index (χ1) is 10.8. The number of unbranched alkanes of at least 4 members (excludes halogenated alkanes) is 7. The molecule has 0 bridgehead atoms. The predicted octanol–water partition coefficient (Wildman–Crippen LogP) is 6.28. The van der Waals surface area contributed by atoms with Crippen LogP contribution in [0.5, 0.6) is 0 Å². The van der Waals surface area contributed by atoms with Crippen molar-refractivity contribution >= 4 is 5.97 Å². The Balaban J connectivity index is 1.97. The summed E-state index contributed by atoms with van der Waals surface area (Å²) in [6, 6.07) is 0. The van der Waals surface area contributed by atoms with Crippen LogP contribution < -0.4 is 0 Å². The van der Waals surface area contributed by atoms with E-state index in [0.717, 1.165) is 25.2 Å². The van der Waals surface area contributed by atoms with Crippen molar-refractivity contribution in [1.82, 2.24) is 0 Å². The highest BCUT2D eigenvalue weighted by atomic mass is 16.5. The molecule has 2 heteroatoms. The Bertz CT molecular complexity index is 267. The Morgan fingerprint density at radius 2 is 1.41 bits per heavy atom. The van der Waals surface area contributed by atoms with Crippen molar-refractivity contribution in [3.8, 4) is 0 Å². The van der Waals surface area contributed by atoms with Crippen LogP contribution in [-0.2, 0) is 9.53 Å². The lowest BCUT2D eigenvalue weighted by atomic mass is 9.80. The van der Waals surface area contributed by atoms with Gasteiger partial charge in [0.05, 0.1) is 12.5 Å². The van der Waals surface area contributed by atoms with Gasteiger partial charge < -0.3 is 4.74 Å². The summed E-state index contributed by atoms with van der Waals surface area (Å²) in [5.41, 5.74) is 0. The molecule has 0 saturated heterocycles. The van der Waals surface area contributed by atoms with Crippen LogP contribution in [0.25, 0.3) is 0 Å². The molecular formula is C20H38O2. The second-order valence-corrected chi connectivity index (χ2v) is 7.15. The van der Waals surface area contributed by atoms with Gasteiger partial charge in [-0.2, -0.15) is 0 Å². The SMILES string of the molecule is CCCCCCCCCOC(=O)C1CCC(CCCC)CC1. The Morgan fingerprint density at radius 1 is 0.818 bits per heavy atom. The first-order valence-corrected chi connectivity index (χ1v) is 9.94. The molecule has 0 heterocycles. The van der Waals surface area contributed by atoms with Gasteiger partial charge in [0.2, 0.25) is 0 Å². The van der Waals surface area contributed by atoms with Crippen molar-refractivity contribution in [2.24, 2.45) is 11.8 Å². The maximum Gasteiger partial charge on any atom is 0.308 e. The lowest BCUT2D eigenvalue weighted by molar-refractivity contribution is -0.150. The Morgan fingerprint density at radius 3 is 2.05 bits per heavy atom. The molecular weight excluding hydrogens is 272 g/mol. The maximum atomic E-state index is 12.1. The minimum Gasteiger partial charge on any atom is -0.465 e. The molecule has 0 N–H and O–H groups in total. The fourth-order valence-electron chi connectivity index (χ4n) is 3.53. The summed E-state index contributed by atoms with van der Waals surface area (Å²) in [4.78, 5) is 12.1. The molecule has 0 aromatic carbocycles. The van der Waals surface area contributed by atoms with Gasteiger partial charge in [-0.3, -0.25) is 4.79 Å². The quantitative estimate of drug-likeness (QED) is 0.313. The summed E-state index contributed by atoms with van der Waals surface area (Å²) in [5.74, 6) is 1.15. The Labute approximate surface area is 138 Å². The molecule has 0 amide bonds. The first-order valence-electron chi connectivity index (χ1n) is 9.94. The highest BCUT2D eigenvalue weighted by Crippen LogP contribution is 2.32. The normalized spacial score (nSPS) is 21.7. The predicted molar refractivity (Wildman–Crippen MR) is 93.9 cm³/mol. The summed E-state index contributed by atoms with van der Waals surface area (Å²) >= 11 is 0. The van der Waals surface area contributed by atoms with E-state index in [1.807, 2.05) is 0 Å². The Kier molecular flexibility index (Phi) is 11.5. The minimum atomic E-state index is 0.0833. The van der Waals surface area contributed by atoms with Crippen LogP contribution in [0.4, 0.5) is 0 Å². The van der Waals surface area contributed by atoms with Gasteiger partial charge in [0.25, 0.3) is 0 Å². The number of rotatable bonds is 12. The van der Waals surface area contributed by atoms with E-state index < -0.39 is 0 Å². The fourth-order valence-corrected chi connectivity index (χ4v) is 3.53. The third-order valence-corrected chi connectivity index (χ3v) is 5.14. The van der Waals surface area contributed by atoms with E-state index in [0.29, 0.717) is 6.61 Å². The minimum absolute atomic E-state index is 0.0833. The number of esters is 1. The Hall–Kier alpha value is -0.530. The van der Waals surface area contributed by atoms with Crippen LogP contribution in [0.1, 0.15) is 104 Å². The second-order valence-electron chi connectivity index (χ2n) is 7.15. The van der Waals surface area contributed by atoms with E-state index in [-0.39, 0.29) is 11.9 Å². The second kappa shape index (κ2) is 13.0. The lowest BCUT2D eigenvalue weighted by Gasteiger charge is -2.27. The van der Waals surface area contributed by atoms with Gasteiger partial charge in [-0.25, -0.2) is 0 Å². The van der Waals surface area contributed by atoms with Crippen molar-refractivity contribution in [2.45, 2.75) is 104 Å². The number of hydrogen-bond acceptors (Lipinski definition) is 2. The van der Waals surface area contributed by atoms with Gasteiger partial charge in [0.15, 0.2) is 0 Å². The standard InChI is InChI=1S/C20H38O2/c1-3-5-7-8-9-10-11-17-22-20(21)19-15-13-18(14-16-19)12-6-4-2/h18-19H,3-17H2,1-2H3. The fraction of sp³-hybridized carbons (Fsp3) is 0.950. The summed E-state index contributed by atoms with van der Waals surface area (Å²) in [6.45, 7) is 5.14. The van der Waals surface area contributed by atoms with Gasteiger partial charge in [0, 0.05) is 0 Å². The average molecular weight is 311 g/mol. The van der Waals surface area contributed by atoms with Crippen molar-refractivity contribution in [3.63, 3.8) is 0 Å². The van der Waals surface area contributed by atoms with Gasteiger partial charge in [-0.05, 0) is 38.0 Å². The number of carbonyl (C=O) groups is 1. The van der Waals surface area contributed by atoms with Crippen molar-refractivity contribution in [3.05, 3.63) is 0 Å². The molecule has 130 valence electrons. The molecule has 1 aliphatic rings. The molecule has 1 fully saturated rings. The van der Waals surface area contributed by atoms with Crippen molar-refractivity contribution < 1.29 is 9.53 Å². The molecule has 2 nitrogen and oxygen atoms in total. The average Bonchev–Trinajstić information content (AvgIpc) is 2.55. The number of carbonyl (C=O) groups excluding carboxylic acids is 1. The molecule has 0 radical (unpaired) electrons. The smallest absolute Gasteiger partial charge is 0.308 e. The van der Waals surface area contributed by atoms with Crippen LogP contribution in [0.3, 0.4) is 0 Å². The van der Waals surface area contributed by atoms with Crippen LogP contribution in [0.15, 0.2) is 0 Å². The highest BCUT2D eigenvalue weighted by Gasteiger charge is 2.26. The third kappa shape index (κ3) is 8.80.